The van der Waals surface area contributed by atoms with E-state index in [2.05, 4.69) is 10.6 Å². The average Bonchev–Trinajstić information content (AvgIpc) is 3.25. The van der Waals surface area contributed by atoms with Gasteiger partial charge in [0.2, 0.25) is 0 Å². The number of benzene rings is 2. The predicted molar refractivity (Wildman–Crippen MR) is 114 cm³/mol. The standard InChI is InChI=1S/C23H22N2O2S/c1-2-20(17-10-5-3-6-11-17)24-23(27)21(16-19-14-9-15-28-19)25-22(26)18-12-7-4-8-13-18/h3-16,20H,2H2,1H3,(H,24,27)(H,25,26)/b21-16-/t20-/m0/s1. The molecule has 0 radical (unpaired) electrons. The number of carbonyl (C=O) groups is 2. The summed E-state index contributed by atoms with van der Waals surface area (Å²) in [5.41, 5.74) is 1.76. The Morgan fingerprint density at radius 2 is 1.64 bits per heavy atom. The molecule has 5 heteroatoms. The zero-order valence-electron chi connectivity index (χ0n) is 15.6. The largest absolute Gasteiger partial charge is 0.344 e. The number of nitrogens with one attached hydrogen (secondary N) is 2. The minimum absolute atomic E-state index is 0.130. The van der Waals surface area contributed by atoms with Gasteiger partial charge in [0.1, 0.15) is 5.70 Å². The zero-order valence-corrected chi connectivity index (χ0v) is 16.4. The number of hydrogen-bond donors (Lipinski definition) is 2. The summed E-state index contributed by atoms with van der Waals surface area (Å²) >= 11 is 1.50. The summed E-state index contributed by atoms with van der Waals surface area (Å²) in [4.78, 5) is 26.5. The molecule has 0 spiro atoms. The maximum atomic E-state index is 13.0. The lowest BCUT2D eigenvalue weighted by Crippen LogP contribution is -2.36. The lowest BCUT2D eigenvalue weighted by Gasteiger charge is -2.19. The van der Waals surface area contributed by atoms with Crippen molar-refractivity contribution in [2.75, 3.05) is 0 Å². The van der Waals surface area contributed by atoms with Gasteiger partial charge in [0.25, 0.3) is 11.8 Å². The molecule has 0 saturated carbocycles. The molecule has 1 heterocycles. The molecule has 2 N–H and O–H groups in total. The summed E-state index contributed by atoms with van der Waals surface area (Å²) in [6.45, 7) is 2.02. The summed E-state index contributed by atoms with van der Waals surface area (Å²) in [6.07, 6.45) is 2.45. The number of carbonyl (C=O) groups excluding carboxylic acids is 2. The summed E-state index contributed by atoms with van der Waals surface area (Å²) < 4.78 is 0. The third-order valence-electron chi connectivity index (χ3n) is 4.27. The van der Waals surface area contributed by atoms with E-state index in [1.165, 1.54) is 11.3 Å². The van der Waals surface area contributed by atoms with E-state index in [1.54, 1.807) is 30.3 Å². The summed E-state index contributed by atoms with van der Waals surface area (Å²) in [5.74, 6) is -0.625. The topological polar surface area (TPSA) is 58.2 Å². The maximum Gasteiger partial charge on any atom is 0.268 e. The van der Waals surface area contributed by atoms with Crippen LogP contribution in [0.15, 0.2) is 83.9 Å². The lowest BCUT2D eigenvalue weighted by atomic mass is 10.0. The van der Waals surface area contributed by atoms with Crippen LogP contribution in [0.4, 0.5) is 0 Å². The van der Waals surface area contributed by atoms with Crippen LogP contribution in [0.5, 0.6) is 0 Å². The lowest BCUT2D eigenvalue weighted by molar-refractivity contribution is -0.118. The van der Waals surface area contributed by atoms with E-state index in [0.29, 0.717) is 5.56 Å². The molecular weight excluding hydrogens is 368 g/mol. The molecule has 2 aromatic carbocycles. The first kappa shape index (κ1) is 19.6. The minimum Gasteiger partial charge on any atom is -0.344 e. The molecule has 3 aromatic rings. The minimum atomic E-state index is -0.314. The Kier molecular flexibility index (Phi) is 6.76. The molecule has 142 valence electrons. The van der Waals surface area contributed by atoms with Crippen LogP contribution in [-0.4, -0.2) is 11.8 Å². The van der Waals surface area contributed by atoms with Gasteiger partial charge in [-0.3, -0.25) is 9.59 Å². The summed E-state index contributed by atoms with van der Waals surface area (Å²) in [7, 11) is 0. The van der Waals surface area contributed by atoms with E-state index in [4.69, 9.17) is 0 Å². The van der Waals surface area contributed by atoms with Gasteiger partial charge in [0.05, 0.1) is 6.04 Å². The van der Waals surface area contributed by atoms with Gasteiger partial charge in [0.15, 0.2) is 0 Å². The van der Waals surface area contributed by atoms with Crippen LogP contribution in [-0.2, 0) is 4.79 Å². The maximum absolute atomic E-state index is 13.0. The Hall–Kier alpha value is -3.18. The van der Waals surface area contributed by atoms with Gasteiger partial charge in [-0.05, 0) is 41.6 Å². The molecule has 0 aliphatic heterocycles. The molecule has 28 heavy (non-hydrogen) atoms. The van der Waals surface area contributed by atoms with E-state index in [0.717, 1.165) is 16.9 Å². The number of amides is 2. The predicted octanol–water partition coefficient (Wildman–Crippen LogP) is 4.79. The smallest absolute Gasteiger partial charge is 0.268 e. The van der Waals surface area contributed by atoms with Crippen molar-refractivity contribution in [1.29, 1.82) is 0 Å². The van der Waals surface area contributed by atoms with Gasteiger partial charge in [0, 0.05) is 10.4 Å². The first-order valence-electron chi connectivity index (χ1n) is 9.14. The Bertz CT molecular complexity index is 935. The van der Waals surface area contributed by atoms with Gasteiger partial charge in [-0.25, -0.2) is 0 Å². The first-order chi connectivity index (χ1) is 13.7. The van der Waals surface area contributed by atoms with E-state index < -0.39 is 0 Å². The third-order valence-corrected chi connectivity index (χ3v) is 5.09. The molecule has 3 rings (SSSR count). The van der Waals surface area contributed by atoms with Gasteiger partial charge < -0.3 is 10.6 Å². The van der Waals surface area contributed by atoms with Crippen molar-refractivity contribution in [2.45, 2.75) is 19.4 Å². The average molecular weight is 391 g/mol. The van der Waals surface area contributed by atoms with Gasteiger partial charge in [-0.1, -0.05) is 61.5 Å². The van der Waals surface area contributed by atoms with Crippen LogP contribution >= 0.6 is 11.3 Å². The van der Waals surface area contributed by atoms with Gasteiger partial charge in [-0.15, -0.1) is 11.3 Å². The fourth-order valence-electron chi connectivity index (χ4n) is 2.80. The SMILES string of the molecule is CC[C@H](NC(=O)/C(=C/c1cccs1)NC(=O)c1ccccc1)c1ccccc1. The van der Waals surface area contributed by atoms with Crippen molar-refractivity contribution in [2.24, 2.45) is 0 Å². The van der Waals surface area contributed by atoms with E-state index in [9.17, 15) is 9.59 Å². The Morgan fingerprint density at radius 3 is 2.25 bits per heavy atom. The molecule has 1 atom stereocenters. The van der Waals surface area contributed by atoms with Crippen molar-refractivity contribution >= 4 is 29.2 Å². The summed E-state index contributed by atoms with van der Waals surface area (Å²) in [5, 5.41) is 7.73. The molecule has 0 aliphatic rings. The highest BCUT2D eigenvalue weighted by Crippen LogP contribution is 2.18. The Balaban J connectivity index is 1.82. The second kappa shape index (κ2) is 9.67. The molecule has 0 aliphatic carbocycles. The van der Waals surface area contributed by atoms with Crippen LogP contribution in [0.25, 0.3) is 6.08 Å². The third kappa shape index (κ3) is 5.18. The Morgan fingerprint density at radius 1 is 0.964 bits per heavy atom. The van der Waals surface area contributed by atoms with Crippen LogP contribution in [0.2, 0.25) is 0 Å². The zero-order chi connectivity index (χ0) is 19.8. The number of rotatable bonds is 7. The quantitative estimate of drug-likeness (QED) is 0.570. The highest BCUT2D eigenvalue weighted by atomic mass is 32.1. The fourth-order valence-corrected chi connectivity index (χ4v) is 3.46. The first-order valence-corrected chi connectivity index (χ1v) is 10.0. The van der Waals surface area contributed by atoms with Crippen molar-refractivity contribution in [3.05, 3.63) is 99.9 Å². The molecule has 2 amide bonds. The number of hydrogen-bond acceptors (Lipinski definition) is 3. The fraction of sp³-hybridized carbons (Fsp3) is 0.130. The van der Waals surface area contributed by atoms with Crippen LogP contribution in [0, 0.1) is 0 Å². The molecular formula is C23H22N2O2S. The molecule has 0 bridgehead atoms. The molecule has 0 saturated heterocycles. The Labute approximate surface area is 168 Å². The van der Waals surface area contributed by atoms with Gasteiger partial charge in [-0.2, -0.15) is 0 Å². The second-order valence-corrected chi connectivity index (χ2v) is 7.22. The highest BCUT2D eigenvalue weighted by Gasteiger charge is 2.18. The highest BCUT2D eigenvalue weighted by molar-refractivity contribution is 7.10. The van der Waals surface area contributed by atoms with E-state index >= 15 is 0 Å². The second-order valence-electron chi connectivity index (χ2n) is 6.24. The molecule has 1 aromatic heterocycles. The molecule has 0 fully saturated rings. The van der Waals surface area contributed by atoms with Gasteiger partial charge >= 0.3 is 0 Å². The van der Waals surface area contributed by atoms with Crippen LogP contribution in [0.1, 0.15) is 40.2 Å². The normalized spacial score (nSPS) is 12.2. The van der Waals surface area contributed by atoms with Crippen LogP contribution < -0.4 is 10.6 Å². The van der Waals surface area contributed by atoms with Crippen molar-refractivity contribution in [1.82, 2.24) is 10.6 Å². The van der Waals surface area contributed by atoms with Crippen molar-refractivity contribution < 1.29 is 9.59 Å². The molecule has 0 unspecified atom stereocenters. The van der Waals surface area contributed by atoms with E-state index in [-0.39, 0.29) is 23.6 Å². The number of thiophene rings is 1. The summed E-state index contributed by atoms with van der Waals surface area (Å²) in [6, 6.07) is 22.4. The van der Waals surface area contributed by atoms with Crippen LogP contribution in [0.3, 0.4) is 0 Å². The monoisotopic (exact) mass is 390 g/mol. The molecule has 4 nitrogen and oxygen atoms in total. The van der Waals surface area contributed by atoms with Crippen molar-refractivity contribution in [3.63, 3.8) is 0 Å². The van der Waals surface area contributed by atoms with E-state index in [1.807, 2.05) is 60.8 Å². The van der Waals surface area contributed by atoms with Crippen molar-refractivity contribution in [3.8, 4) is 0 Å².